The highest BCUT2D eigenvalue weighted by molar-refractivity contribution is 6.02. The van der Waals surface area contributed by atoms with Gasteiger partial charge in [0.25, 0.3) is 0 Å². The molecule has 2 aromatic carbocycles. The maximum atomic E-state index is 12.0. The van der Waals surface area contributed by atoms with E-state index in [1.165, 1.54) is 0 Å². The second-order valence-corrected chi connectivity index (χ2v) is 5.91. The van der Waals surface area contributed by atoms with E-state index in [2.05, 4.69) is 0 Å². The third-order valence-electron chi connectivity index (χ3n) is 4.72. The zero-order valence-electron chi connectivity index (χ0n) is 11.8. The topological polar surface area (TPSA) is 57.5 Å². The van der Waals surface area contributed by atoms with Crippen molar-refractivity contribution in [2.24, 2.45) is 0 Å². The Bertz CT molecular complexity index is 776. The monoisotopic (exact) mass is 280 g/mol. The lowest BCUT2D eigenvalue weighted by atomic mass is 9.77. The lowest BCUT2D eigenvalue weighted by Gasteiger charge is -2.32. The smallest absolute Gasteiger partial charge is 0.163 e. The number of carbonyl (C=O) groups excluding carboxylic acids is 1. The Hall–Kier alpha value is -1.97. The van der Waals surface area contributed by atoms with E-state index in [0.29, 0.717) is 12.8 Å². The van der Waals surface area contributed by atoms with Crippen molar-refractivity contribution in [3.8, 4) is 11.1 Å². The minimum absolute atomic E-state index is 0.136. The minimum atomic E-state index is -0.963. The lowest BCUT2D eigenvalue weighted by molar-refractivity contribution is 0.0152. The second kappa shape index (κ2) is 4.26. The maximum absolute atomic E-state index is 12.0. The highest BCUT2D eigenvalue weighted by Gasteiger charge is 2.37. The molecular weight excluding hydrogens is 264 g/mol. The van der Waals surface area contributed by atoms with E-state index in [0.717, 1.165) is 38.9 Å². The van der Waals surface area contributed by atoms with Crippen molar-refractivity contribution in [1.29, 1.82) is 0 Å². The van der Waals surface area contributed by atoms with Crippen LogP contribution >= 0.6 is 0 Å². The highest BCUT2D eigenvalue weighted by atomic mass is 16.3. The van der Waals surface area contributed by atoms with E-state index in [9.17, 15) is 15.0 Å². The molecule has 0 heterocycles. The number of hydrogen-bond acceptors (Lipinski definition) is 3. The zero-order chi connectivity index (χ0) is 14.7. The van der Waals surface area contributed by atoms with Gasteiger partial charge in [0.1, 0.15) is 12.2 Å². The van der Waals surface area contributed by atoms with Crippen LogP contribution in [0.25, 0.3) is 11.1 Å². The fourth-order valence-electron chi connectivity index (χ4n) is 3.77. The van der Waals surface area contributed by atoms with Crippen LogP contribution in [0.2, 0.25) is 0 Å². The summed E-state index contributed by atoms with van der Waals surface area (Å²) in [6, 6.07) is 9.56. The van der Waals surface area contributed by atoms with Gasteiger partial charge >= 0.3 is 0 Å². The maximum Gasteiger partial charge on any atom is 0.163 e. The summed E-state index contributed by atoms with van der Waals surface area (Å²) in [7, 11) is 0. The third kappa shape index (κ3) is 1.59. The largest absolute Gasteiger partial charge is 0.385 e. The molecule has 3 nitrogen and oxygen atoms in total. The number of aliphatic hydroxyl groups excluding tert-OH is 2. The molecule has 2 aliphatic carbocycles. The summed E-state index contributed by atoms with van der Waals surface area (Å²) < 4.78 is 0. The summed E-state index contributed by atoms with van der Waals surface area (Å²) >= 11 is 0. The summed E-state index contributed by atoms with van der Waals surface area (Å²) in [5.41, 5.74) is 6.07. The van der Waals surface area contributed by atoms with E-state index in [-0.39, 0.29) is 5.78 Å². The summed E-state index contributed by atoms with van der Waals surface area (Å²) in [5, 5.41) is 21.0. The predicted molar refractivity (Wildman–Crippen MR) is 79.2 cm³/mol. The summed E-state index contributed by atoms with van der Waals surface area (Å²) in [4.78, 5) is 12.0. The molecule has 0 radical (unpaired) electrons. The molecule has 0 fully saturated rings. The fraction of sp³-hybridized carbons (Fsp3) is 0.278. The molecule has 0 saturated carbocycles. The first-order chi connectivity index (χ1) is 10.1. The Morgan fingerprint density at radius 3 is 2.62 bits per heavy atom. The highest BCUT2D eigenvalue weighted by Crippen LogP contribution is 2.49. The SMILES string of the molecule is Cc1cc2c(c3c1-c1ccccc1[C@@H](O)[C@@H]3O)CCC2=O. The van der Waals surface area contributed by atoms with Crippen LogP contribution in [0.5, 0.6) is 0 Å². The molecule has 4 rings (SSSR count). The lowest BCUT2D eigenvalue weighted by Crippen LogP contribution is -2.20. The van der Waals surface area contributed by atoms with E-state index < -0.39 is 12.2 Å². The number of rotatable bonds is 0. The van der Waals surface area contributed by atoms with Gasteiger partial charge < -0.3 is 10.2 Å². The molecule has 2 aromatic rings. The zero-order valence-corrected chi connectivity index (χ0v) is 11.8. The summed E-state index contributed by atoms with van der Waals surface area (Å²) in [6.07, 6.45) is -0.747. The number of ketones is 1. The van der Waals surface area contributed by atoms with Crippen LogP contribution in [0.3, 0.4) is 0 Å². The van der Waals surface area contributed by atoms with Gasteiger partial charge in [0.05, 0.1) is 0 Å². The first-order valence-corrected chi connectivity index (χ1v) is 7.24. The van der Waals surface area contributed by atoms with Gasteiger partial charge in [-0.15, -0.1) is 0 Å². The number of aliphatic hydroxyl groups is 2. The Morgan fingerprint density at radius 2 is 1.81 bits per heavy atom. The quantitative estimate of drug-likeness (QED) is 0.780. The average molecular weight is 280 g/mol. The van der Waals surface area contributed by atoms with Gasteiger partial charge in [-0.3, -0.25) is 4.79 Å². The van der Waals surface area contributed by atoms with Crippen LogP contribution in [0.15, 0.2) is 30.3 Å². The van der Waals surface area contributed by atoms with Gasteiger partial charge in [0.15, 0.2) is 5.78 Å². The van der Waals surface area contributed by atoms with Crippen molar-refractivity contribution >= 4 is 5.78 Å². The van der Waals surface area contributed by atoms with Crippen molar-refractivity contribution in [2.75, 3.05) is 0 Å². The van der Waals surface area contributed by atoms with Crippen molar-refractivity contribution in [1.82, 2.24) is 0 Å². The van der Waals surface area contributed by atoms with Crippen LogP contribution in [0, 0.1) is 6.92 Å². The molecule has 0 spiro atoms. The Balaban J connectivity index is 2.11. The molecule has 21 heavy (non-hydrogen) atoms. The number of benzene rings is 2. The van der Waals surface area contributed by atoms with Gasteiger partial charge in [-0.2, -0.15) is 0 Å². The van der Waals surface area contributed by atoms with Crippen LogP contribution in [-0.2, 0) is 6.42 Å². The molecule has 0 saturated heterocycles. The van der Waals surface area contributed by atoms with Crippen LogP contribution in [0.4, 0.5) is 0 Å². The van der Waals surface area contributed by atoms with Gasteiger partial charge in [-0.1, -0.05) is 24.3 Å². The molecule has 2 aliphatic rings. The Labute approximate surface area is 122 Å². The number of carbonyl (C=O) groups is 1. The van der Waals surface area contributed by atoms with Crippen molar-refractivity contribution in [2.45, 2.75) is 32.0 Å². The van der Waals surface area contributed by atoms with Gasteiger partial charge in [-0.05, 0) is 52.8 Å². The van der Waals surface area contributed by atoms with Crippen LogP contribution in [0.1, 0.15) is 51.2 Å². The molecule has 3 heteroatoms. The first kappa shape index (κ1) is 12.7. The number of hydrogen-bond donors (Lipinski definition) is 2. The second-order valence-electron chi connectivity index (χ2n) is 5.91. The Kier molecular flexibility index (Phi) is 2.59. The predicted octanol–water partition coefficient (Wildman–Crippen LogP) is 2.87. The van der Waals surface area contributed by atoms with E-state index in [1.54, 1.807) is 0 Å². The normalized spacial score (nSPS) is 22.7. The third-order valence-corrected chi connectivity index (χ3v) is 4.72. The minimum Gasteiger partial charge on any atom is -0.385 e. The Morgan fingerprint density at radius 1 is 1.05 bits per heavy atom. The van der Waals surface area contributed by atoms with Crippen LogP contribution < -0.4 is 0 Å². The summed E-state index contributed by atoms with van der Waals surface area (Å²) in [6.45, 7) is 1.96. The molecule has 0 aromatic heterocycles. The average Bonchev–Trinajstić information content (AvgIpc) is 2.85. The van der Waals surface area contributed by atoms with Gasteiger partial charge in [-0.25, -0.2) is 0 Å². The van der Waals surface area contributed by atoms with E-state index in [1.807, 2.05) is 37.3 Å². The van der Waals surface area contributed by atoms with E-state index in [4.69, 9.17) is 0 Å². The van der Waals surface area contributed by atoms with E-state index >= 15 is 0 Å². The summed E-state index contributed by atoms with van der Waals surface area (Å²) in [5.74, 6) is 0.136. The first-order valence-electron chi connectivity index (χ1n) is 7.24. The number of aryl methyl sites for hydroxylation is 1. The van der Waals surface area contributed by atoms with Gasteiger partial charge in [0.2, 0.25) is 0 Å². The molecule has 0 amide bonds. The number of fused-ring (bicyclic) bond motifs is 5. The molecule has 0 unspecified atom stereocenters. The van der Waals surface area contributed by atoms with Crippen molar-refractivity contribution in [3.63, 3.8) is 0 Å². The molecule has 0 aliphatic heterocycles. The molecule has 2 atom stereocenters. The van der Waals surface area contributed by atoms with Crippen molar-refractivity contribution < 1.29 is 15.0 Å². The molecule has 106 valence electrons. The van der Waals surface area contributed by atoms with Crippen molar-refractivity contribution in [3.05, 3.63) is 58.1 Å². The van der Waals surface area contributed by atoms with Gasteiger partial charge in [0, 0.05) is 12.0 Å². The molecule has 2 N–H and O–H groups in total. The fourth-order valence-corrected chi connectivity index (χ4v) is 3.77. The number of Topliss-reactive ketones (excluding diaryl/α,β-unsaturated/α-hetero) is 1. The molecule has 0 bridgehead atoms. The van der Waals surface area contributed by atoms with Crippen LogP contribution in [-0.4, -0.2) is 16.0 Å². The molecular formula is C18H16O3. The standard InChI is InChI=1S/C18H16O3/c1-9-8-13-11(6-7-14(13)19)16-15(9)10-4-2-3-5-12(10)17(20)18(16)21/h2-5,8,17-18,20-21H,6-7H2,1H3/t17-,18-/m1/s1.